The van der Waals surface area contributed by atoms with Crippen molar-refractivity contribution in [2.24, 2.45) is 5.92 Å². The second-order valence-corrected chi connectivity index (χ2v) is 8.09. The molecule has 2 N–H and O–H groups in total. The molecule has 3 aromatic rings. The molecule has 0 heterocycles. The van der Waals surface area contributed by atoms with E-state index >= 15 is 0 Å². The van der Waals surface area contributed by atoms with E-state index in [1.54, 1.807) is 60.7 Å². The fraction of sp³-hybridized carbons (Fsp3) is 0.143. The van der Waals surface area contributed by atoms with Crippen LogP contribution in [0.3, 0.4) is 0 Å². The summed E-state index contributed by atoms with van der Waals surface area (Å²) >= 11 is 6.29. The van der Waals surface area contributed by atoms with Crippen molar-refractivity contribution in [1.82, 2.24) is 0 Å². The molecule has 0 atom stereocenters. The first-order chi connectivity index (χ1) is 16.8. The Hall–Kier alpha value is -4.03. The van der Waals surface area contributed by atoms with Crippen LogP contribution in [0.2, 0.25) is 5.02 Å². The number of benzene rings is 3. The SMILES string of the molecule is COc1cc(/C=C/C(=O)C(Cc2ccccc2Cl)C(=O)/C=C/c2ccc(O)c(OC)c2)ccc1O. The quantitative estimate of drug-likeness (QED) is 0.287. The molecule has 0 saturated carbocycles. The van der Waals surface area contributed by atoms with Crippen molar-refractivity contribution in [2.75, 3.05) is 14.2 Å². The Kier molecular flexibility index (Phi) is 8.70. The zero-order chi connectivity index (χ0) is 25.4. The molecule has 0 amide bonds. The van der Waals surface area contributed by atoms with Gasteiger partial charge >= 0.3 is 0 Å². The highest BCUT2D eigenvalue weighted by molar-refractivity contribution is 6.31. The Morgan fingerprint density at radius 3 is 1.77 bits per heavy atom. The van der Waals surface area contributed by atoms with Gasteiger partial charge in [-0.2, -0.15) is 0 Å². The minimum Gasteiger partial charge on any atom is -0.504 e. The van der Waals surface area contributed by atoms with E-state index in [0.29, 0.717) is 21.7 Å². The number of carbonyl (C=O) groups excluding carboxylic acids is 2. The van der Waals surface area contributed by atoms with Crippen LogP contribution in [0.4, 0.5) is 0 Å². The minimum atomic E-state index is -1.000. The van der Waals surface area contributed by atoms with Gasteiger partial charge in [-0.1, -0.05) is 54.1 Å². The van der Waals surface area contributed by atoms with Crippen LogP contribution in [0.25, 0.3) is 12.2 Å². The van der Waals surface area contributed by atoms with Crippen molar-refractivity contribution in [3.8, 4) is 23.0 Å². The summed E-state index contributed by atoms with van der Waals surface area (Å²) < 4.78 is 10.2. The number of ketones is 2. The summed E-state index contributed by atoms with van der Waals surface area (Å²) in [6, 6.07) is 16.4. The molecule has 0 saturated heterocycles. The number of aromatic hydroxyl groups is 2. The van der Waals surface area contributed by atoms with Crippen LogP contribution < -0.4 is 9.47 Å². The molecule has 0 aromatic heterocycles. The number of phenols is 2. The number of hydrogen-bond acceptors (Lipinski definition) is 6. The summed E-state index contributed by atoms with van der Waals surface area (Å²) in [7, 11) is 2.87. The number of methoxy groups -OCH3 is 2. The number of carbonyl (C=O) groups is 2. The molecule has 3 rings (SSSR count). The van der Waals surface area contributed by atoms with Crippen molar-refractivity contribution in [3.05, 3.63) is 94.5 Å². The second-order valence-electron chi connectivity index (χ2n) is 7.68. The summed E-state index contributed by atoms with van der Waals surface area (Å²) in [4.78, 5) is 26.3. The average Bonchev–Trinajstić information content (AvgIpc) is 2.86. The maximum Gasteiger partial charge on any atom is 0.166 e. The van der Waals surface area contributed by atoms with E-state index in [9.17, 15) is 19.8 Å². The number of rotatable bonds is 10. The number of hydrogen-bond donors (Lipinski definition) is 2. The number of ether oxygens (including phenoxy) is 2. The van der Waals surface area contributed by atoms with Crippen molar-refractivity contribution in [2.45, 2.75) is 6.42 Å². The van der Waals surface area contributed by atoms with Crippen LogP contribution in [0.5, 0.6) is 23.0 Å². The summed E-state index contributed by atoms with van der Waals surface area (Å²) in [6.45, 7) is 0. The van der Waals surface area contributed by atoms with Gasteiger partial charge in [0.15, 0.2) is 34.6 Å². The minimum absolute atomic E-state index is 0.0150. The lowest BCUT2D eigenvalue weighted by atomic mass is 9.90. The molecule has 6 nitrogen and oxygen atoms in total. The third-order valence-electron chi connectivity index (χ3n) is 5.36. The van der Waals surface area contributed by atoms with E-state index in [-0.39, 0.29) is 29.4 Å². The highest BCUT2D eigenvalue weighted by atomic mass is 35.5. The van der Waals surface area contributed by atoms with Crippen LogP contribution >= 0.6 is 11.6 Å². The normalized spacial score (nSPS) is 11.3. The number of halogens is 1. The Labute approximate surface area is 208 Å². The molecule has 0 bridgehead atoms. The molecule has 0 aliphatic heterocycles. The third kappa shape index (κ3) is 6.74. The molecule has 35 heavy (non-hydrogen) atoms. The number of phenolic OH excluding ortho intramolecular Hbond substituents is 2. The van der Waals surface area contributed by atoms with Gasteiger partial charge < -0.3 is 19.7 Å². The molecule has 0 fully saturated rings. The molecular weight excluding hydrogens is 468 g/mol. The van der Waals surface area contributed by atoms with Crippen LogP contribution in [0, 0.1) is 5.92 Å². The summed E-state index contributed by atoms with van der Waals surface area (Å²) in [5.74, 6) is -1.27. The molecular formula is C28H25ClO6. The maximum absolute atomic E-state index is 13.1. The monoisotopic (exact) mass is 492 g/mol. The van der Waals surface area contributed by atoms with Crippen molar-refractivity contribution in [1.29, 1.82) is 0 Å². The van der Waals surface area contributed by atoms with E-state index in [0.717, 1.165) is 0 Å². The topological polar surface area (TPSA) is 93.1 Å². The smallest absolute Gasteiger partial charge is 0.166 e. The predicted molar refractivity (Wildman–Crippen MR) is 136 cm³/mol. The zero-order valence-corrected chi connectivity index (χ0v) is 20.0. The van der Waals surface area contributed by atoms with Gasteiger partial charge in [0, 0.05) is 5.02 Å². The first-order valence-electron chi connectivity index (χ1n) is 10.7. The van der Waals surface area contributed by atoms with Gasteiger partial charge in [-0.15, -0.1) is 0 Å². The van der Waals surface area contributed by atoms with Gasteiger partial charge in [0.05, 0.1) is 20.1 Å². The fourth-order valence-electron chi connectivity index (χ4n) is 3.41. The zero-order valence-electron chi connectivity index (χ0n) is 19.3. The van der Waals surface area contributed by atoms with Crippen molar-refractivity contribution >= 4 is 35.3 Å². The van der Waals surface area contributed by atoms with E-state index in [1.807, 2.05) is 0 Å². The standard InChI is InChI=1S/C28H25ClO6/c1-34-27-15-18(9-13-25(27)32)7-11-23(30)21(17-20-5-3-4-6-22(20)29)24(31)12-8-19-10-14-26(33)28(16-19)35-2/h3-16,21,32-33H,17H2,1-2H3/b11-7+,12-8+. The molecule has 0 unspecified atom stereocenters. The summed E-state index contributed by atoms with van der Waals surface area (Å²) in [6.07, 6.45) is 5.92. The van der Waals surface area contributed by atoms with E-state index in [1.165, 1.54) is 38.5 Å². The van der Waals surface area contributed by atoms with Crippen molar-refractivity contribution < 1.29 is 29.3 Å². The highest BCUT2D eigenvalue weighted by Crippen LogP contribution is 2.28. The van der Waals surface area contributed by atoms with E-state index < -0.39 is 17.5 Å². The molecule has 7 heteroatoms. The lowest BCUT2D eigenvalue weighted by Gasteiger charge is -2.12. The van der Waals surface area contributed by atoms with Crippen LogP contribution in [-0.4, -0.2) is 36.0 Å². The van der Waals surface area contributed by atoms with Gasteiger partial charge in [-0.25, -0.2) is 0 Å². The molecule has 0 spiro atoms. The van der Waals surface area contributed by atoms with Crippen LogP contribution in [0.1, 0.15) is 16.7 Å². The van der Waals surface area contributed by atoms with Gasteiger partial charge in [0.2, 0.25) is 0 Å². The lowest BCUT2D eigenvalue weighted by Crippen LogP contribution is -2.23. The van der Waals surface area contributed by atoms with Gasteiger partial charge in [-0.05, 0) is 65.6 Å². The van der Waals surface area contributed by atoms with E-state index in [4.69, 9.17) is 21.1 Å². The van der Waals surface area contributed by atoms with Crippen molar-refractivity contribution in [3.63, 3.8) is 0 Å². The predicted octanol–water partition coefficient (Wildman–Crippen LogP) is 5.49. The Balaban J connectivity index is 1.87. The molecule has 0 radical (unpaired) electrons. The van der Waals surface area contributed by atoms with Gasteiger partial charge in [0.25, 0.3) is 0 Å². The highest BCUT2D eigenvalue weighted by Gasteiger charge is 2.24. The molecule has 0 aliphatic rings. The van der Waals surface area contributed by atoms with Crippen LogP contribution in [-0.2, 0) is 16.0 Å². The first kappa shape index (κ1) is 25.6. The third-order valence-corrected chi connectivity index (χ3v) is 5.73. The van der Waals surface area contributed by atoms with E-state index in [2.05, 4.69) is 0 Å². The molecule has 0 aliphatic carbocycles. The Morgan fingerprint density at radius 2 is 1.31 bits per heavy atom. The fourth-order valence-corrected chi connectivity index (χ4v) is 3.62. The lowest BCUT2D eigenvalue weighted by molar-refractivity contribution is -0.127. The molecule has 180 valence electrons. The summed E-state index contributed by atoms with van der Waals surface area (Å²) in [5.41, 5.74) is 1.94. The Morgan fingerprint density at radius 1 is 0.829 bits per heavy atom. The maximum atomic E-state index is 13.1. The van der Waals surface area contributed by atoms with Crippen LogP contribution in [0.15, 0.2) is 72.8 Å². The van der Waals surface area contributed by atoms with Gasteiger partial charge in [0.1, 0.15) is 0 Å². The largest absolute Gasteiger partial charge is 0.504 e. The summed E-state index contributed by atoms with van der Waals surface area (Å²) in [5, 5.41) is 20.0. The van der Waals surface area contributed by atoms with Gasteiger partial charge in [-0.3, -0.25) is 9.59 Å². The average molecular weight is 493 g/mol. The number of allylic oxidation sites excluding steroid dienone is 2. The Bertz CT molecular complexity index is 1200. The molecule has 3 aromatic carbocycles. The second kappa shape index (κ2) is 11.9. The first-order valence-corrected chi connectivity index (χ1v) is 11.1.